The number of hydrogen-bond donors (Lipinski definition) is 4. The van der Waals surface area contributed by atoms with E-state index in [4.69, 9.17) is 22.9 Å². The maximum Gasteiger partial charge on any atom is 0.207 e. The first-order valence-electron chi connectivity index (χ1n) is 14.3. The Hall–Kier alpha value is -3.27. The summed E-state index contributed by atoms with van der Waals surface area (Å²) < 4.78 is 30.4. The molecule has 0 saturated carbocycles. The zero-order chi connectivity index (χ0) is 31.4. The van der Waals surface area contributed by atoms with Crippen molar-refractivity contribution in [3.63, 3.8) is 0 Å². The van der Waals surface area contributed by atoms with Crippen molar-refractivity contribution in [2.45, 2.75) is 97.6 Å². The number of benzene rings is 4. The van der Waals surface area contributed by atoms with Crippen LogP contribution in [-0.4, -0.2) is 8.42 Å². The van der Waals surface area contributed by atoms with E-state index < -0.39 is 9.84 Å². The molecule has 9 heteroatoms. The van der Waals surface area contributed by atoms with Crippen molar-refractivity contribution in [3.8, 4) is 0 Å². The molecule has 0 saturated heterocycles. The highest BCUT2D eigenvalue weighted by atomic mass is 32.2. The lowest BCUT2D eigenvalue weighted by atomic mass is 9.93. The molecule has 4 aromatic carbocycles. The van der Waals surface area contributed by atoms with E-state index >= 15 is 8.42 Å². The molecule has 224 valence electrons. The largest absolute Gasteiger partial charge is 0.398 e. The van der Waals surface area contributed by atoms with Gasteiger partial charge in [-0.3, -0.25) is 0 Å². The van der Waals surface area contributed by atoms with Crippen LogP contribution in [0.2, 0.25) is 0 Å². The Morgan fingerprint density at radius 2 is 0.860 bits per heavy atom. The van der Waals surface area contributed by atoms with E-state index in [2.05, 4.69) is 12.1 Å². The normalized spacial score (nSPS) is 13.8. The van der Waals surface area contributed by atoms with E-state index in [1.165, 1.54) is 0 Å². The molecule has 0 aliphatic carbocycles. The van der Waals surface area contributed by atoms with Crippen LogP contribution in [0.3, 0.4) is 0 Å². The van der Waals surface area contributed by atoms with Crippen molar-refractivity contribution in [2.75, 3.05) is 22.9 Å². The molecule has 0 amide bonds. The minimum absolute atomic E-state index is 0.284. The highest BCUT2D eigenvalue weighted by Gasteiger charge is 2.37. The molecule has 0 unspecified atom stereocenters. The fourth-order valence-corrected chi connectivity index (χ4v) is 11.9. The van der Waals surface area contributed by atoms with Gasteiger partial charge in [-0.05, 0) is 134 Å². The van der Waals surface area contributed by atoms with Gasteiger partial charge in [0.1, 0.15) is 0 Å². The molecule has 2 aliphatic heterocycles. The fourth-order valence-electron chi connectivity index (χ4n) is 6.79. The van der Waals surface area contributed by atoms with Crippen molar-refractivity contribution >= 4 is 56.1 Å². The minimum Gasteiger partial charge on any atom is -0.398 e. The van der Waals surface area contributed by atoms with Gasteiger partial charge in [0.2, 0.25) is 9.84 Å². The lowest BCUT2D eigenvalue weighted by Crippen LogP contribution is -2.20. The number of rotatable bonds is 2. The molecule has 4 aromatic rings. The zero-order valence-corrected chi connectivity index (χ0v) is 28.4. The topological polar surface area (TPSA) is 138 Å². The van der Waals surface area contributed by atoms with E-state index in [0.717, 1.165) is 86.6 Å². The predicted octanol–water partition coefficient (Wildman–Crippen LogP) is 7.43. The molecule has 0 aromatic heterocycles. The standard InChI is InChI=1S/C34H38N4O2S3/c1-13-9-25-21(15(3)27(13)35)11-23-31(41-25)17(5)29(37)19(7)33(23)43(39,40)34-20(8)30(38)18(6)32-24(34)12-22-16(4)28(36)14(2)10-26(22)42-32/h9-10H,11-12,35-38H2,1-8H3. The van der Waals surface area contributed by atoms with Crippen molar-refractivity contribution < 1.29 is 8.42 Å². The van der Waals surface area contributed by atoms with E-state index in [9.17, 15) is 0 Å². The van der Waals surface area contributed by atoms with Crippen LogP contribution in [0.25, 0.3) is 0 Å². The number of anilines is 4. The van der Waals surface area contributed by atoms with Gasteiger partial charge in [0.15, 0.2) is 0 Å². The first-order chi connectivity index (χ1) is 20.1. The van der Waals surface area contributed by atoms with Crippen LogP contribution in [0.15, 0.2) is 41.5 Å². The van der Waals surface area contributed by atoms with Gasteiger partial charge in [-0.1, -0.05) is 23.5 Å². The van der Waals surface area contributed by atoms with E-state index in [1.807, 2.05) is 55.4 Å². The smallest absolute Gasteiger partial charge is 0.207 e. The number of nitrogens with two attached hydrogens (primary N) is 4. The second-order valence-corrected chi connectivity index (χ2v) is 16.0. The second-order valence-electron chi connectivity index (χ2n) is 12.1. The van der Waals surface area contributed by atoms with Gasteiger partial charge in [0.05, 0.1) is 9.79 Å². The molecule has 0 radical (unpaired) electrons. The Balaban J connectivity index is 1.65. The van der Waals surface area contributed by atoms with Crippen LogP contribution in [-0.2, 0) is 22.7 Å². The maximum atomic E-state index is 15.2. The van der Waals surface area contributed by atoms with Crippen LogP contribution in [0, 0.1) is 55.4 Å². The summed E-state index contributed by atoms with van der Waals surface area (Å²) in [6, 6.07) is 4.20. The molecule has 0 bridgehead atoms. The molecule has 6 rings (SSSR count). The first-order valence-corrected chi connectivity index (χ1v) is 17.4. The lowest BCUT2D eigenvalue weighted by molar-refractivity contribution is 0.591. The average Bonchev–Trinajstić information content (AvgIpc) is 2.96. The number of fused-ring (bicyclic) bond motifs is 4. The third-order valence-corrected chi connectivity index (χ3v) is 14.5. The molecule has 0 spiro atoms. The summed E-state index contributed by atoms with van der Waals surface area (Å²) in [5.74, 6) is 0. The van der Waals surface area contributed by atoms with E-state index in [0.29, 0.717) is 35.3 Å². The molecule has 2 aliphatic rings. The van der Waals surface area contributed by atoms with Crippen molar-refractivity contribution in [1.82, 2.24) is 0 Å². The van der Waals surface area contributed by atoms with Crippen LogP contribution < -0.4 is 22.9 Å². The Morgan fingerprint density at radius 1 is 0.512 bits per heavy atom. The van der Waals surface area contributed by atoms with E-state index in [1.54, 1.807) is 23.5 Å². The summed E-state index contributed by atoms with van der Waals surface area (Å²) in [4.78, 5) is 4.57. The Labute approximate surface area is 262 Å². The van der Waals surface area contributed by atoms with Crippen LogP contribution in [0.5, 0.6) is 0 Å². The Morgan fingerprint density at radius 3 is 1.21 bits per heavy atom. The Kier molecular flexibility index (Phi) is 6.84. The number of sulfone groups is 1. The summed E-state index contributed by atoms with van der Waals surface area (Å²) in [6.07, 6.45) is 0.916. The fraction of sp³-hybridized carbons (Fsp3) is 0.294. The summed E-state index contributed by atoms with van der Waals surface area (Å²) in [6.45, 7) is 15.6. The number of aryl methyl sites for hydroxylation is 2. The van der Waals surface area contributed by atoms with Crippen LogP contribution >= 0.6 is 23.5 Å². The minimum atomic E-state index is -4.08. The van der Waals surface area contributed by atoms with Gasteiger partial charge in [-0.2, -0.15) is 0 Å². The molecular weight excluding hydrogens is 593 g/mol. The van der Waals surface area contributed by atoms with Gasteiger partial charge >= 0.3 is 0 Å². The monoisotopic (exact) mass is 630 g/mol. The summed E-state index contributed by atoms with van der Waals surface area (Å²) in [5.41, 5.74) is 39.4. The molecule has 43 heavy (non-hydrogen) atoms. The van der Waals surface area contributed by atoms with Crippen LogP contribution in [0.4, 0.5) is 22.7 Å². The van der Waals surface area contributed by atoms with Crippen LogP contribution in [0.1, 0.15) is 66.8 Å². The van der Waals surface area contributed by atoms with Gasteiger partial charge in [-0.15, -0.1) is 0 Å². The second kappa shape index (κ2) is 9.87. The third-order valence-electron chi connectivity index (χ3n) is 9.60. The Bertz CT molecular complexity index is 1920. The van der Waals surface area contributed by atoms with E-state index in [-0.39, 0.29) is 9.79 Å². The third kappa shape index (κ3) is 4.11. The number of hydrogen-bond acceptors (Lipinski definition) is 8. The highest BCUT2D eigenvalue weighted by molar-refractivity contribution is 8.00. The molecule has 6 nitrogen and oxygen atoms in total. The summed E-state index contributed by atoms with van der Waals surface area (Å²) >= 11 is 3.17. The zero-order valence-electron chi connectivity index (χ0n) is 25.9. The van der Waals surface area contributed by atoms with Crippen molar-refractivity contribution in [1.29, 1.82) is 0 Å². The average molecular weight is 631 g/mol. The highest BCUT2D eigenvalue weighted by Crippen LogP contribution is 2.53. The number of nitrogen functional groups attached to an aromatic ring is 4. The molecule has 8 N–H and O–H groups in total. The SMILES string of the molecule is Cc1cc2c(c(C)c1N)Cc1c(c(C)c(N)c(C)c1S(=O)(=O)c1c(C)c(N)c(C)c3c1Cc1c(cc(C)c(N)c1C)S3)S2. The van der Waals surface area contributed by atoms with Gasteiger partial charge < -0.3 is 22.9 Å². The van der Waals surface area contributed by atoms with Gasteiger partial charge in [-0.25, -0.2) is 8.42 Å². The van der Waals surface area contributed by atoms with Gasteiger partial charge in [0, 0.05) is 55.2 Å². The quantitative estimate of drug-likeness (QED) is 0.145. The maximum absolute atomic E-state index is 15.2. The van der Waals surface area contributed by atoms with Gasteiger partial charge in [0.25, 0.3) is 0 Å². The predicted molar refractivity (Wildman–Crippen MR) is 181 cm³/mol. The summed E-state index contributed by atoms with van der Waals surface area (Å²) in [5, 5.41) is 0. The lowest BCUT2D eigenvalue weighted by Gasteiger charge is -2.31. The van der Waals surface area contributed by atoms with Crippen molar-refractivity contribution in [3.05, 3.63) is 78.9 Å². The first kappa shape index (κ1) is 29.8. The molecule has 0 atom stereocenters. The summed E-state index contributed by atoms with van der Waals surface area (Å²) in [7, 11) is -4.08. The molecule has 2 heterocycles. The van der Waals surface area contributed by atoms with Crippen molar-refractivity contribution in [2.24, 2.45) is 0 Å². The molecule has 0 fully saturated rings. The molecular formula is C34H38N4O2S3.